The van der Waals surface area contributed by atoms with Crippen molar-refractivity contribution in [1.29, 1.82) is 0 Å². The number of nitrogens with zero attached hydrogens (tertiary/aromatic N) is 1. The first-order valence-corrected chi connectivity index (χ1v) is 7.58. The molecule has 1 unspecified atom stereocenters. The molecule has 0 radical (unpaired) electrons. The summed E-state index contributed by atoms with van der Waals surface area (Å²) in [6.45, 7) is 1.49. The molecule has 1 saturated heterocycles. The van der Waals surface area contributed by atoms with Gasteiger partial charge in [-0.2, -0.15) is 0 Å². The lowest BCUT2D eigenvalue weighted by molar-refractivity contribution is -0.128. The van der Waals surface area contributed by atoms with Crippen LogP contribution in [0, 0.1) is 0 Å². The number of hydrogen-bond acceptors (Lipinski definition) is 1. The van der Waals surface area contributed by atoms with E-state index >= 15 is 0 Å². The van der Waals surface area contributed by atoms with Gasteiger partial charge in [-0.1, -0.05) is 30.2 Å². The Kier molecular flexibility index (Phi) is 3.48. The predicted molar refractivity (Wildman–Crippen MR) is 77.8 cm³/mol. The molecule has 102 valence electrons. The molecule has 3 rings (SSSR count). The van der Waals surface area contributed by atoms with E-state index in [1.54, 1.807) is 0 Å². The second-order valence-electron chi connectivity index (χ2n) is 5.72. The first-order valence-electron chi connectivity index (χ1n) is 6.77. The highest BCUT2D eigenvalue weighted by atomic mass is 35.5. The van der Waals surface area contributed by atoms with Crippen LogP contribution in [0.5, 0.6) is 0 Å². The number of benzene rings is 1. The van der Waals surface area contributed by atoms with Gasteiger partial charge in [-0.25, -0.2) is 0 Å². The molecule has 2 fully saturated rings. The fourth-order valence-corrected chi connectivity index (χ4v) is 3.61. The molecule has 19 heavy (non-hydrogen) atoms. The molecule has 1 saturated carbocycles. The predicted octanol–water partition coefficient (Wildman–Crippen LogP) is 3.60. The summed E-state index contributed by atoms with van der Waals surface area (Å²) in [6, 6.07) is 8.07. The third-order valence-electron chi connectivity index (χ3n) is 4.43. The summed E-state index contributed by atoms with van der Waals surface area (Å²) in [7, 11) is 0. The molecular formula is C15H17Cl2NO. The maximum atomic E-state index is 11.9. The van der Waals surface area contributed by atoms with Gasteiger partial charge in [0, 0.05) is 29.9 Å². The summed E-state index contributed by atoms with van der Waals surface area (Å²) in [4.78, 5) is 13.8. The Morgan fingerprint density at radius 1 is 1.26 bits per heavy atom. The zero-order chi connectivity index (χ0) is 13.5. The fourth-order valence-electron chi connectivity index (χ4n) is 3.19. The number of halogens is 2. The highest BCUT2D eigenvalue weighted by molar-refractivity contribution is 6.30. The lowest BCUT2D eigenvalue weighted by Crippen LogP contribution is -2.46. The SMILES string of the molecule is O=C1CC(Cl)CN1CC1(c2ccc(Cl)cc2)CCC1. The third kappa shape index (κ3) is 2.48. The fraction of sp³-hybridized carbons (Fsp3) is 0.533. The van der Waals surface area contributed by atoms with Crippen molar-refractivity contribution in [1.82, 2.24) is 4.90 Å². The average Bonchev–Trinajstić information content (AvgIpc) is 2.64. The molecule has 0 N–H and O–H groups in total. The number of carbonyl (C=O) groups excluding carboxylic acids is 1. The summed E-state index contributed by atoms with van der Waals surface area (Å²) in [5, 5.41) is 0.742. The summed E-state index contributed by atoms with van der Waals surface area (Å²) in [5.41, 5.74) is 1.43. The van der Waals surface area contributed by atoms with Gasteiger partial charge >= 0.3 is 0 Å². The van der Waals surface area contributed by atoms with Crippen molar-refractivity contribution in [3.63, 3.8) is 0 Å². The van der Waals surface area contributed by atoms with Crippen molar-refractivity contribution >= 4 is 29.1 Å². The number of hydrogen-bond donors (Lipinski definition) is 0. The molecule has 1 aliphatic heterocycles. The maximum absolute atomic E-state index is 11.9. The largest absolute Gasteiger partial charge is 0.340 e. The van der Waals surface area contributed by atoms with Crippen LogP contribution in [0.3, 0.4) is 0 Å². The molecule has 2 aliphatic rings. The summed E-state index contributed by atoms with van der Waals surface area (Å²) in [5.74, 6) is 0.195. The summed E-state index contributed by atoms with van der Waals surface area (Å²) in [6.07, 6.45) is 4.00. The number of likely N-dealkylation sites (tertiary alicyclic amines) is 1. The van der Waals surface area contributed by atoms with E-state index < -0.39 is 0 Å². The molecule has 1 amide bonds. The monoisotopic (exact) mass is 297 g/mol. The van der Waals surface area contributed by atoms with Crippen molar-refractivity contribution in [2.45, 2.75) is 36.5 Å². The highest BCUT2D eigenvalue weighted by Gasteiger charge is 2.42. The lowest BCUT2D eigenvalue weighted by atomic mass is 9.64. The van der Waals surface area contributed by atoms with E-state index in [1.165, 1.54) is 12.0 Å². The van der Waals surface area contributed by atoms with Gasteiger partial charge in [0.25, 0.3) is 0 Å². The van der Waals surface area contributed by atoms with Crippen LogP contribution in [0.2, 0.25) is 5.02 Å². The lowest BCUT2D eigenvalue weighted by Gasteiger charge is -2.45. The Bertz CT molecular complexity index is 481. The van der Waals surface area contributed by atoms with Crippen molar-refractivity contribution in [2.75, 3.05) is 13.1 Å². The third-order valence-corrected chi connectivity index (χ3v) is 4.97. The first kappa shape index (κ1) is 13.3. The normalized spacial score (nSPS) is 25.5. The molecule has 1 aromatic rings. The molecule has 1 aromatic carbocycles. The molecule has 1 heterocycles. The van der Waals surface area contributed by atoms with Crippen LogP contribution >= 0.6 is 23.2 Å². The number of amides is 1. The highest BCUT2D eigenvalue weighted by Crippen LogP contribution is 2.45. The second kappa shape index (κ2) is 4.99. The molecule has 1 aliphatic carbocycles. The Hall–Kier alpha value is -0.730. The minimum absolute atomic E-state index is 0.0187. The van der Waals surface area contributed by atoms with E-state index in [9.17, 15) is 4.79 Å². The van der Waals surface area contributed by atoms with Gasteiger partial charge in [0.05, 0.1) is 5.38 Å². The van der Waals surface area contributed by atoms with E-state index in [4.69, 9.17) is 23.2 Å². The van der Waals surface area contributed by atoms with E-state index in [1.807, 2.05) is 17.0 Å². The van der Waals surface area contributed by atoms with Crippen LogP contribution in [0.4, 0.5) is 0 Å². The molecule has 1 atom stereocenters. The van der Waals surface area contributed by atoms with E-state index in [2.05, 4.69) is 12.1 Å². The van der Waals surface area contributed by atoms with Crippen LogP contribution < -0.4 is 0 Å². The molecule has 2 nitrogen and oxygen atoms in total. The van der Waals surface area contributed by atoms with Crippen LogP contribution in [0.1, 0.15) is 31.2 Å². The van der Waals surface area contributed by atoms with Gasteiger partial charge in [-0.3, -0.25) is 4.79 Å². The van der Waals surface area contributed by atoms with E-state index in [0.29, 0.717) is 13.0 Å². The van der Waals surface area contributed by atoms with Crippen molar-refractivity contribution in [3.05, 3.63) is 34.9 Å². The van der Waals surface area contributed by atoms with Gasteiger partial charge in [-0.05, 0) is 30.5 Å². The Balaban J connectivity index is 1.80. The minimum atomic E-state index is -0.0187. The zero-order valence-electron chi connectivity index (χ0n) is 10.7. The van der Waals surface area contributed by atoms with Gasteiger partial charge in [0.2, 0.25) is 5.91 Å². The molecule has 0 spiro atoms. The molecule has 0 aromatic heterocycles. The Labute approximate surface area is 123 Å². The van der Waals surface area contributed by atoms with Gasteiger partial charge in [0.1, 0.15) is 0 Å². The first-order chi connectivity index (χ1) is 9.09. The summed E-state index contributed by atoms with van der Waals surface area (Å²) >= 11 is 12.0. The zero-order valence-corrected chi connectivity index (χ0v) is 12.3. The minimum Gasteiger partial charge on any atom is -0.340 e. The van der Waals surface area contributed by atoms with Crippen LogP contribution in [0.15, 0.2) is 24.3 Å². The average molecular weight is 298 g/mol. The quantitative estimate of drug-likeness (QED) is 0.781. The van der Waals surface area contributed by atoms with E-state index in [-0.39, 0.29) is 16.7 Å². The van der Waals surface area contributed by atoms with Crippen molar-refractivity contribution in [2.24, 2.45) is 0 Å². The summed E-state index contributed by atoms with van der Waals surface area (Å²) < 4.78 is 0. The number of rotatable bonds is 3. The smallest absolute Gasteiger partial charge is 0.224 e. The van der Waals surface area contributed by atoms with Crippen LogP contribution in [-0.4, -0.2) is 29.3 Å². The van der Waals surface area contributed by atoms with Gasteiger partial charge in [-0.15, -0.1) is 11.6 Å². The molecule has 0 bridgehead atoms. The van der Waals surface area contributed by atoms with Crippen molar-refractivity contribution < 1.29 is 4.79 Å². The Morgan fingerprint density at radius 2 is 1.95 bits per heavy atom. The van der Waals surface area contributed by atoms with Crippen LogP contribution in [-0.2, 0) is 10.2 Å². The number of alkyl halides is 1. The van der Waals surface area contributed by atoms with Crippen LogP contribution in [0.25, 0.3) is 0 Å². The van der Waals surface area contributed by atoms with Crippen molar-refractivity contribution in [3.8, 4) is 0 Å². The van der Waals surface area contributed by atoms with Gasteiger partial charge < -0.3 is 4.90 Å². The Morgan fingerprint density at radius 3 is 2.42 bits per heavy atom. The van der Waals surface area contributed by atoms with E-state index in [0.717, 1.165) is 24.4 Å². The molecule has 4 heteroatoms. The maximum Gasteiger partial charge on any atom is 0.224 e. The second-order valence-corrected chi connectivity index (χ2v) is 6.77. The molecular weight excluding hydrogens is 281 g/mol. The standard InChI is InChI=1S/C15H17Cl2NO/c16-12-4-2-11(3-5-12)15(6-1-7-15)10-18-9-13(17)8-14(18)19/h2-5,13H,1,6-10H2. The topological polar surface area (TPSA) is 20.3 Å². The van der Waals surface area contributed by atoms with Gasteiger partial charge in [0.15, 0.2) is 0 Å². The number of carbonyl (C=O) groups is 1.